The van der Waals surface area contributed by atoms with Crippen molar-refractivity contribution in [1.29, 1.82) is 0 Å². The lowest BCUT2D eigenvalue weighted by Gasteiger charge is -2.23. The second-order valence-electron chi connectivity index (χ2n) is 6.00. The van der Waals surface area contributed by atoms with Crippen molar-refractivity contribution in [3.05, 3.63) is 58.9 Å². The third kappa shape index (κ3) is 4.11. The molecule has 0 aliphatic rings. The standard InChI is InChI=1S/C18H18ClFN2O2/c1-11-4-5-12(19)10-15(11)22-17(24)18(2,3)16(23)21-14-8-6-13(20)7-9-14/h4-10H,1-3H3,(H,21,23)(H,22,24). The van der Waals surface area contributed by atoms with Crippen LogP contribution in [0.1, 0.15) is 19.4 Å². The largest absolute Gasteiger partial charge is 0.325 e. The summed E-state index contributed by atoms with van der Waals surface area (Å²) < 4.78 is 12.9. The van der Waals surface area contributed by atoms with Gasteiger partial charge in [0, 0.05) is 16.4 Å². The van der Waals surface area contributed by atoms with Crippen LogP contribution >= 0.6 is 11.6 Å². The van der Waals surface area contributed by atoms with Gasteiger partial charge in [0.2, 0.25) is 11.8 Å². The van der Waals surface area contributed by atoms with Gasteiger partial charge in [0.15, 0.2) is 0 Å². The molecule has 0 heterocycles. The minimum atomic E-state index is -1.33. The summed E-state index contributed by atoms with van der Waals surface area (Å²) in [4.78, 5) is 24.9. The molecule has 0 saturated carbocycles. The van der Waals surface area contributed by atoms with Gasteiger partial charge in [-0.2, -0.15) is 0 Å². The highest BCUT2D eigenvalue weighted by molar-refractivity contribution is 6.31. The summed E-state index contributed by atoms with van der Waals surface area (Å²) in [6.45, 7) is 4.86. The SMILES string of the molecule is Cc1ccc(Cl)cc1NC(=O)C(C)(C)C(=O)Nc1ccc(F)cc1. The second kappa shape index (κ2) is 7.01. The Morgan fingerprint density at radius 2 is 1.58 bits per heavy atom. The first kappa shape index (κ1) is 17.9. The van der Waals surface area contributed by atoms with E-state index in [2.05, 4.69) is 10.6 Å². The van der Waals surface area contributed by atoms with Crippen LogP contribution < -0.4 is 10.6 Å². The Morgan fingerprint density at radius 1 is 1.00 bits per heavy atom. The molecule has 2 amide bonds. The second-order valence-corrected chi connectivity index (χ2v) is 6.44. The molecule has 4 nitrogen and oxygen atoms in total. The van der Waals surface area contributed by atoms with E-state index in [1.54, 1.807) is 18.2 Å². The number of aryl methyl sites for hydroxylation is 1. The van der Waals surface area contributed by atoms with E-state index in [-0.39, 0.29) is 0 Å². The quantitative estimate of drug-likeness (QED) is 0.805. The van der Waals surface area contributed by atoms with Crippen LogP contribution in [0.3, 0.4) is 0 Å². The van der Waals surface area contributed by atoms with E-state index in [0.29, 0.717) is 16.4 Å². The van der Waals surface area contributed by atoms with E-state index >= 15 is 0 Å². The van der Waals surface area contributed by atoms with Gasteiger partial charge in [0.05, 0.1) is 0 Å². The maximum atomic E-state index is 12.9. The Kier molecular flexibility index (Phi) is 5.24. The third-order valence-electron chi connectivity index (χ3n) is 3.69. The predicted octanol–water partition coefficient (Wildman–Crippen LogP) is 4.39. The molecule has 0 atom stereocenters. The highest BCUT2D eigenvalue weighted by Gasteiger charge is 2.36. The molecular formula is C18H18ClFN2O2. The minimum absolute atomic E-state index is 0.401. The molecule has 0 aliphatic heterocycles. The highest BCUT2D eigenvalue weighted by Crippen LogP contribution is 2.25. The van der Waals surface area contributed by atoms with Crippen LogP contribution in [-0.4, -0.2) is 11.8 Å². The number of carbonyl (C=O) groups excluding carboxylic acids is 2. The van der Waals surface area contributed by atoms with Crippen LogP contribution in [0.25, 0.3) is 0 Å². The first-order valence-corrected chi connectivity index (χ1v) is 7.72. The molecule has 0 radical (unpaired) electrons. The molecular weight excluding hydrogens is 331 g/mol. The van der Waals surface area contributed by atoms with E-state index in [1.807, 2.05) is 6.92 Å². The summed E-state index contributed by atoms with van der Waals surface area (Å²) in [6, 6.07) is 10.5. The lowest BCUT2D eigenvalue weighted by Crippen LogP contribution is -2.41. The van der Waals surface area contributed by atoms with Crippen LogP contribution in [-0.2, 0) is 9.59 Å². The van der Waals surface area contributed by atoms with Gasteiger partial charge in [-0.25, -0.2) is 4.39 Å². The van der Waals surface area contributed by atoms with Gasteiger partial charge in [-0.05, 0) is 62.7 Å². The normalized spacial score (nSPS) is 11.0. The molecule has 126 valence electrons. The van der Waals surface area contributed by atoms with Crippen LogP contribution in [0.2, 0.25) is 5.02 Å². The smallest absolute Gasteiger partial charge is 0.239 e. The number of anilines is 2. The molecule has 2 aromatic carbocycles. The molecule has 0 unspecified atom stereocenters. The molecule has 24 heavy (non-hydrogen) atoms. The van der Waals surface area contributed by atoms with Crippen molar-refractivity contribution in [2.24, 2.45) is 5.41 Å². The van der Waals surface area contributed by atoms with Crippen molar-refractivity contribution in [2.45, 2.75) is 20.8 Å². The van der Waals surface area contributed by atoms with Gasteiger partial charge < -0.3 is 10.6 Å². The number of hydrogen-bond donors (Lipinski definition) is 2. The van der Waals surface area contributed by atoms with Gasteiger partial charge in [0.1, 0.15) is 11.2 Å². The van der Waals surface area contributed by atoms with Crippen molar-refractivity contribution in [2.75, 3.05) is 10.6 Å². The summed E-state index contributed by atoms with van der Waals surface area (Å²) in [7, 11) is 0. The number of amides is 2. The zero-order valence-corrected chi connectivity index (χ0v) is 14.4. The maximum absolute atomic E-state index is 12.9. The zero-order valence-electron chi connectivity index (χ0n) is 13.6. The van der Waals surface area contributed by atoms with Crippen LogP contribution in [0.4, 0.5) is 15.8 Å². The van der Waals surface area contributed by atoms with Crippen molar-refractivity contribution in [3.8, 4) is 0 Å². The summed E-state index contributed by atoms with van der Waals surface area (Å²) in [5.74, 6) is -1.36. The lowest BCUT2D eigenvalue weighted by molar-refractivity contribution is -0.135. The topological polar surface area (TPSA) is 58.2 Å². The summed E-state index contributed by atoms with van der Waals surface area (Å²) in [5, 5.41) is 5.82. The fourth-order valence-corrected chi connectivity index (χ4v) is 2.10. The molecule has 2 aromatic rings. The van der Waals surface area contributed by atoms with Crippen molar-refractivity contribution >= 4 is 34.8 Å². The average molecular weight is 349 g/mol. The number of rotatable bonds is 4. The molecule has 6 heteroatoms. The first-order valence-electron chi connectivity index (χ1n) is 7.35. The number of hydrogen-bond acceptors (Lipinski definition) is 2. The summed E-state index contributed by atoms with van der Waals surface area (Å²) >= 11 is 5.94. The molecule has 2 N–H and O–H groups in total. The number of halogens is 2. The average Bonchev–Trinajstić information content (AvgIpc) is 2.53. The predicted molar refractivity (Wildman–Crippen MR) is 93.6 cm³/mol. The van der Waals surface area contributed by atoms with E-state index in [1.165, 1.54) is 38.1 Å². The maximum Gasteiger partial charge on any atom is 0.239 e. The summed E-state index contributed by atoms with van der Waals surface area (Å²) in [5.41, 5.74) is 0.474. The Bertz CT molecular complexity index is 773. The fraction of sp³-hybridized carbons (Fsp3) is 0.222. The number of nitrogens with one attached hydrogen (secondary N) is 2. The first-order chi connectivity index (χ1) is 11.2. The van der Waals surface area contributed by atoms with Gasteiger partial charge in [-0.15, -0.1) is 0 Å². The van der Waals surface area contributed by atoms with Gasteiger partial charge in [-0.3, -0.25) is 9.59 Å². The van der Waals surface area contributed by atoms with Crippen LogP contribution in [0.15, 0.2) is 42.5 Å². The number of benzene rings is 2. The fourth-order valence-electron chi connectivity index (χ4n) is 1.93. The van der Waals surface area contributed by atoms with E-state index in [9.17, 15) is 14.0 Å². The van der Waals surface area contributed by atoms with Crippen molar-refractivity contribution in [1.82, 2.24) is 0 Å². The monoisotopic (exact) mass is 348 g/mol. The van der Waals surface area contributed by atoms with E-state index in [4.69, 9.17) is 11.6 Å². The minimum Gasteiger partial charge on any atom is -0.325 e. The van der Waals surface area contributed by atoms with Crippen molar-refractivity contribution in [3.63, 3.8) is 0 Å². The Morgan fingerprint density at radius 3 is 2.21 bits per heavy atom. The van der Waals surface area contributed by atoms with E-state index < -0.39 is 23.0 Å². The van der Waals surface area contributed by atoms with Crippen LogP contribution in [0.5, 0.6) is 0 Å². The lowest BCUT2D eigenvalue weighted by atomic mass is 9.90. The highest BCUT2D eigenvalue weighted by atomic mass is 35.5. The molecule has 2 rings (SSSR count). The Hall–Kier alpha value is -2.40. The number of carbonyl (C=O) groups is 2. The Labute approximate surface area is 145 Å². The van der Waals surface area contributed by atoms with Crippen molar-refractivity contribution < 1.29 is 14.0 Å². The van der Waals surface area contributed by atoms with Gasteiger partial charge >= 0.3 is 0 Å². The van der Waals surface area contributed by atoms with E-state index in [0.717, 1.165) is 5.56 Å². The summed E-state index contributed by atoms with van der Waals surface area (Å²) in [6.07, 6.45) is 0. The molecule has 0 bridgehead atoms. The Balaban J connectivity index is 2.12. The van der Waals surface area contributed by atoms with Crippen LogP contribution in [0, 0.1) is 18.2 Å². The molecule has 0 aliphatic carbocycles. The molecule has 0 fully saturated rings. The van der Waals surface area contributed by atoms with Gasteiger partial charge in [-0.1, -0.05) is 17.7 Å². The molecule has 0 spiro atoms. The molecule has 0 aromatic heterocycles. The zero-order chi connectivity index (χ0) is 17.9. The molecule has 0 saturated heterocycles. The van der Waals surface area contributed by atoms with Gasteiger partial charge in [0.25, 0.3) is 0 Å². The third-order valence-corrected chi connectivity index (χ3v) is 3.92.